The van der Waals surface area contributed by atoms with Gasteiger partial charge in [0.05, 0.1) is 6.20 Å². The molecular weight excluding hydrogens is 209 g/mol. The third-order valence-electron chi connectivity index (χ3n) is 1.41. The third-order valence-corrected chi connectivity index (χ3v) is 1.41. The zero-order valence-corrected chi connectivity index (χ0v) is 8.30. The number of rotatable bonds is 3. The number of alkyl halides is 3. The molecule has 0 amide bonds. The molecule has 0 aliphatic rings. The van der Waals surface area contributed by atoms with Crippen molar-refractivity contribution in [2.24, 2.45) is 0 Å². The van der Waals surface area contributed by atoms with Crippen LogP contribution in [0.5, 0.6) is 5.75 Å². The minimum Gasteiger partial charge on any atom is -0.404 e. The fourth-order valence-electron chi connectivity index (χ4n) is 0.955. The molecule has 0 bridgehead atoms. The first-order valence-corrected chi connectivity index (χ1v) is 4.35. The van der Waals surface area contributed by atoms with Crippen LogP contribution in [0, 0.1) is 0 Å². The highest BCUT2D eigenvalue weighted by Crippen LogP contribution is 2.22. The third kappa shape index (κ3) is 4.53. The Kier molecular flexibility index (Phi) is 3.39. The number of hydrogen-bond acceptors (Lipinski definition) is 3. The Morgan fingerprint density at radius 3 is 2.40 bits per heavy atom. The van der Waals surface area contributed by atoms with Gasteiger partial charge in [0, 0.05) is 6.04 Å². The van der Waals surface area contributed by atoms with Crippen molar-refractivity contribution in [3.63, 3.8) is 0 Å². The van der Waals surface area contributed by atoms with Crippen molar-refractivity contribution in [1.82, 2.24) is 4.98 Å². The Hall–Kier alpha value is -1.46. The van der Waals surface area contributed by atoms with E-state index in [2.05, 4.69) is 15.0 Å². The van der Waals surface area contributed by atoms with Crippen LogP contribution in [0.2, 0.25) is 0 Å². The zero-order chi connectivity index (χ0) is 11.5. The zero-order valence-electron chi connectivity index (χ0n) is 8.30. The molecule has 1 rings (SSSR count). The summed E-state index contributed by atoms with van der Waals surface area (Å²) in [5, 5.41) is 2.95. The van der Waals surface area contributed by atoms with Gasteiger partial charge in [-0.25, -0.2) is 4.98 Å². The number of nitrogens with zero attached hydrogens (tertiary/aromatic N) is 1. The van der Waals surface area contributed by atoms with Crippen molar-refractivity contribution in [2.45, 2.75) is 26.3 Å². The molecule has 1 aromatic rings. The van der Waals surface area contributed by atoms with E-state index in [1.54, 1.807) is 0 Å². The lowest BCUT2D eigenvalue weighted by molar-refractivity contribution is -0.274. The first-order valence-electron chi connectivity index (χ1n) is 4.35. The highest BCUT2D eigenvalue weighted by molar-refractivity contribution is 5.38. The van der Waals surface area contributed by atoms with Crippen LogP contribution in [0.1, 0.15) is 13.8 Å². The van der Waals surface area contributed by atoms with Crippen LogP contribution < -0.4 is 10.1 Å². The van der Waals surface area contributed by atoms with Gasteiger partial charge in [0.2, 0.25) is 0 Å². The maximum Gasteiger partial charge on any atom is 0.573 e. The summed E-state index contributed by atoms with van der Waals surface area (Å²) in [5.74, 6) is 0.191. The second-order valence-electron chi connectivity index (χ2n) is 3.23. The minimum atomic E-state index is -4.67. The Morgan fingerprint density at radius 2 is 2.00 bits per heavy atom. The predicted molar refractivity (Wildman–Crippen MR) is 49.7 cm³/mol. The summed E-state index contributed by atoms with van der Waals surface area (Å²) >= 11 is 0. The standard InChI is InChI=1S/C9H11F3N2O/c1-6(2)14-8-4-3-7(5-13-8)15-9(10,11)12/h3-6H,1-2H3,(H,13,14). The lowest BCUT2D eigenvalue weighted by Gasteiger charge is -2.11. The Labute approximate surface area is 85.3 Å². The van der Waals surface area contributed by atoms with Gasteiger partial charge in [-0.3, -0.25) is 0 Å². The van der Waals surface area contributed by atoms with E-state index in [9.17, 15) is 13.2 Å². The van der Waals surface area contributed by atoms with Crippen LogP contribution >= 0.6 is 0 Å². The van der Waals surface area contributed by atoms with Crippen molar-refractivity contribution >= 4 is 5.82 Å². The number of aromatic nitrogens is 1. The van der Waals surface area contributed by atoms with Gasteiger partial charge < -0.3 is 10.1 Å². The van der Waals surface area contributed by atoms with E-state index in [0.29, 0.717) is 5.82 Å². The van der Waals surface area contributed by atoms with Crippen LogP contribution in [0.3, 0.4) is 0 Å². The molecule has 0 saturated heterocycles. The number of hydrogen-bond donors (Lipinski definition) is 1. The van der Waals surface area contributed by atoms with Crippen molar-refractivity contribution < 1.29 is 17.9 Å². The van der Waals surface area contributed by atoms with Crippen LogP contribution in [0.15, 0.2) is 18.3 Å². The van der Waals surface area contributed by atoms with Crippen molar-refractivity contribution in [3.8, 4) is 5.75 Å². The molecule has 1 N–H and O–H groups in total. The summed E-state index contributed by atoms with van der Waals surface area (Å²) in [6.45, 7) is 3.81. The van der Waals surface area contributed by atoms with E-state index in [0.717, 1.165) is 6.20 Å². The molecule has 0 radical (unpaired) electrons. The highest BCUT2D eigenvalue weighted by atomic mass is 19.4. The van der Waals surface area contributed by atoms with Gasteiger partial charge in [-0.05, 0) is 26.0 Å². The molecule has 0 unspecified atom stereocenters. The monoisotopic (exact) mass is 220 g/mol. The first-order chi connectivity index (χ1) is 6.87. The van der Waals surface area contributed by atoms with Crippen molar-refractivity contribution in [2.75, 3.05) is 5.32 Å². The average Bonchev–Trinajstić information content (AvgIpc) is 2.05. The van der Waals surface area contributed by atoms with E-state index in [1.807, 2.05) is 13.8 Å². The van der Waals surface area contributed by atoms with Crippen molar-refractivity contribution in [1.29, 1.82) is 0 Å². The maximum absolute atomic E-state index is 11.8. The molecular formula is C9H11F3N2O. The number of anilines is 1. The summed E-state index contributed by atoms with van der Waals surface area (Å²) in [5.41, 5.74) is 0. The fraction of sp³-hybridized carbons (Fsp3) is 0.444. The summed E-state index contributed by atoms with van der Waals surface area (Å²) < 4.78 is 39.0. The molecule has 0 aliphatic heterocycles. The van der Waals surface area contributed by atoms with Gasteiger partial charge in [-0.15, -0.1) is 13.2 Å². The molecule has 0 aromatic carbocycles. The van der Waals surface area contributed by atoms with E-state index >= 15 is 0 Å². The molecule has 6 heteroatoms. The molecule has 84 valence electrons. The molecule has 1 aromatic heterocycles. The van der Waals surface area contributed by atoms with Crippen LogP contribution in [0.4, 0.5) is 19.0 Å². The van der Waals surface area contributed by atoms with Crippen LogP contribution in [-0.2, 0) is 0 Å². The summed E-state index contributed by atoms with van der Waals surface area (Å²) in [6, 6.07) is 2.82. The largest absolute Gasteiger partial charge is 0.573 e. The number of pyridine rings is 1. The molecule has 1 heterocycles. The van der Waals surface area contributed by atoms with Gasteiger partial charge >= 0.3 is 6.36 Å². The van der Waals surface area contributed by atoms with E-state index < -0.39 is 6.36 Å². The topological polar surface area (TPSA) is 34.1 Å². The van der Waals surface area contributed by atoms with Crippen LogP contribution in [0.25, 0.3) is 0 Å². The fourth-order valence-corrected chi connectivity index (χ4v) is 0.955. The number of nitrogens with one attached hydrogen (secondary N) is 1. The summed E-state index contributed by atoms with van der Waals surface area (Å²) in [4.78, 5) is 3.77. The Balaban J connectivity index is 2.64. The van der Waals surface area contributed by atoms with Gasteiger partial charge in [-0.1, -0.05) is 0 Å². The Bertz CT molecular complexity index is 308. The quantitative estimate of drug-likeness (QED) is 0.850. The average molecular weight is 220 g/mol. The molecule has 0 spiro atoms. The normalized spacial score (nSPS) is 11.6. The second kappa shape index (κ2) is 4.37. The molecule has 0 atom stereocenters. The van der Waals surface area contributed by atoms with Gasteiger partial charge in [0.15, 0.2) is 0 Å². The summed E-state index contributed by atoms with van der Waals surface area (Å²) in [6.07, 6.45) is -3.65. The van der Waals surface area contributed by atoms with E-state index in [4.69, 9.17) is 0 Å². The number of halogens is 3. The molecule has 15 heavy (non-hydrogen) atoms. The molecule has 0 fully saturated rings. The first kappa shape index (κ1) is 11.6. The molecule has 3 nitrogen and oxygen atoms in total. The van der Waals surface area contributed by atoms with E-state index in [-0.39, 0.29) is 11.8 Å². The predicted octanol–water partition coefficient (Wildman–Crippen LogP) is 2.80. The summed E-state index contributed by atoms with van der Waals surface area (Å²) in [7, 11) is 0. The van der Waals surface area contributed by atoms with Gasteiger partial charge in [0.25, 0.3) is 0 Å². The van der Waals surface area contributed by atoms with Gasteiger partial charge in [0.1, 0.15) is 11.6 Å². The maximum atomic E-state index is 11.8. The van der Waals surface area contributed by atoms with E-state index in [1.165, 1.54) is 12.1 Å². The molecule has 0 saturated carbocycles. The van der Waals surface area contributed by atoms with Crippen LogP contribution in [-0.4, -0.2) is 17.4 Å². The van der Waals surface area contributed by atoms with Crippen molar-refractivity contribution in [3.05, 3.63) is 18.3 Å². The lowest BCUT2D eigenvalue weighted by atomic mass is 10.3. The minimum absolute atomic E-state index is 0.173. The smallest absolute Gasteiger partial charge is 0.404 e. The lowest BCUT2D eigenvalue weighted by Crippen LogP contribution is -2.17. The highest BCUT2D eigenvalue weighted by Gasteiger charge is 2.31. The van der Waals surface area contributed by atoms with Gasteiger partial charge in [-0.2, -0.15) is 0 Å². The number of ether oxygens (including phenoxy) is 1. The molecule has 0 aliphatic carbocycles. The second-order valence-corrected chi connectivity index (χ2v) is 3.23. The SMILES string of the molecule is CC(C)Nc1ccc(OC(F)(F)F)cn1. The Morgan fingerprint density at radius 1 is 1.33 bits per heavy atom.